The zero-order valence-electron chi connectivity index (χ0n) is 11.2. The third-order valence-corrected chi connectivity index (χ3v) is 2.82. The SMILES string of the molecule is CC.CCCN(c1nc(Cl)ncc1C)C1CC1. The van der Waals surface area contributed by atoms with Gasteiger partial charge in [-0.15, -0.1) is 0 Å². The first kappa shape index (κ1) is 14.2. The molecule has 0 unspecified atom stereocenters. The van der Waals surface area contributed by atoms with Crippen LogP contribution in [0.1, 0.15) is 45.6 Å². The molecule has 1 aromatic rings. The summed E-state index contributed by atoms with van der Waals surface area (Å²) in [5.41, 5.74) is 1.11. The predicted octanol–water partition coefficient (Wildman–Crippen LogP) is 3.84. The van der Waals surface area contributed by atoms with Crippen LogP contribution in [0, 0.1) is 6.92 Å². The third kappa shape index (κ3) is 3.84. The number of rotatable bonds is 4. The van der Waals surface area contributed by atoms with Gasteiger partial charge in [-0.2, -0.15) is 0 Å². The Bertz CT molecular complexity index is 351. The van der Waals surface area contributed by atoms with Crippen LogP contribution in [-0.4, -0.2) is 22.6 Å². The van der Waals surface area contributed by atoms with Gasteiger partial charge in [0.05, 0.1) is 0 Å². The molecule has 1 saturated carbocycles. The minimum Gasteiger partial charge on any atom is -0.353 e. The molecule has 1 heterocycles. The lowest BCUT2D eigenvalue weighted by atomic mass is 10.3. The van der Waals surface area contributed by atoms with Gasteiger partial charge in [-0.05, 0) is 37.8 Å². The molecular weight excluding hydrogens is 234 g/mol. The van der Waals surface area contributed by atoms with Gasteiger partial charge in [0, 0.05) is 24.3 Å². The second-order valence-corrected chi connectivity index (χ2v) is 4.41. The highest BCUT2D eigenvalue weighted by Gasteiger charge is 2.30. The number of anilines is 1. The van der Waals surface area contributed by atoms with Crippen molar-refractivity contribution in [3.05, 3.63) is 17.0 Å². The molecule has 0 amide bonds. The second kappa shape index (κ2) is 6.80. The van der Waals surface area contributed by atoms with Gasteiger partial charge in [0.1, 0.15) is 5.82 Å². The number of hydrogen-bond donors (Lipinski definition) is 0. The van der Waals surface area contributed by atoms with Crippen LogP contribution in [0.25, 0.3) is 0 Å². The van der Waals surface area contributed by atoms with Gasteiger partial charge in [-0.25, -0.2) is 9.97 Å². The van der Waals surface area contributed by atoms with Crippen molar-refractivity contribution < 1.29 is 0 Å². The van der Waals surface area contributed by atoms with Gasteiger partial charge in [0.2, 0.25) is 5.28 Å². The summed E-state index contributed by atoms with van der Waals surface area (Å²) >= 11 is 5.84. The van der Waals surface area contributed by atoms with Gasteiger partial charge in [-0.3, -0.25) is 0 Å². The molecule has 1 aliphatic carbocycles. The van der Waals surface area contributed by atoms with Crippen LogP contribution in [0.4, 0.5) is 5.82 Å². The van der Waals surface area contributed by atoms with Crippen molar-refractivity contribution in [1.82, 2.24) is 9.97 Å². The summed E-state index contributed by atoms with van der Waals surface area (Å²) in [4.78, 5) is 10.7. The van der Waals surface area contributed by atoms with Crippen molar-refractivity contribution >= 4 is 17.4 Å². The van der Waals surface area contributed by atoms with Gasteiger partial charge >= 0.3 is 0 Å². The molecule has 0 radical (unpaired) electrons. The fraction of sp³-hybridized carbons (Fsp3) is 0.692. The van der Waals surface area contributed by atoms with Crippen molar-refractivity contribution in [3.63, 3.8) is 0 Å². The lowest BCUT2D eigenvalue weighted by molar-refractivity contribution is 0.745. The van der Waals surface area contributed by atoms with Crippen molar-refractivity contribution in [3.8, 4) is 0 Å². The largest absolute Gasteiger partial charge is 0.353 e. The Morgan fingerprint density at radius 3 is 2.59 bits per heavy atom. The lowest BCUT2D eigenvalue weighted by Gasteiger charge is -2.24. The Hall–Kier alpha value is -0.830. The molecule has 0 aliphatic heterocycles. The first-order valence-corrected chi connectivity index (χ1v) is 6.86. The molecule has 2 rings (SSSR count). The quantitative estimate of drug-likeness (QED) is 0.766. The molecule has 96 valence electrons. The molecule has 0 spiro atoms. The van der Waals surface area contributed by atoms with Crippen LogP contribution < -0.4 is 4.90 Å². The number of aryl methyl sites for hydroxylation is 1. The van der Waals surface area contributed by atoms with Crippen LogP contribution >= 0.6 is 11.6 Å². The van der Waals surface area contributed by atoms with E-state index in [1.54, 1.807) is 6.20 Å². The Labute approximate surface area is 109 Å². The molecule has 0 saturated heterocycles. The van der Waals surface area contributed by atoms with E-state index in [4.69, 9.17) is 11.6 Å². The van der Waals surface area contributed by atoms with Crippen molar-refractivity contribution in [2.75, 3.05) is 11.4 Å². The summed E-state index contributed by atoms with van der Waals surface area (Å²) in [6, 6.07) is 0.676. The van der Waals surface area contributed by atoms with E-state index < -0.39 is 0 Å². The molecule has 0 atom stereocenters. The smallest absolute Gasteiger partial charge is 0.224 e. The van der Waals surface area contributed by atoms with Crippen LogP contribution in [0.15, 0.2) is 6.20 Å². The highest BCUT2D eigenvalue weighted by molar-refractivity contribution is 6.28. The molecule has 1 aliphatic rings. The number of hydrogen-bond acceptors (Lipinski definition) is 3. The maximum atomic E-state index is 5.84. The fourth-order valence-electron chi connectivity index (χ4n) is 1.79. The van der Waals surface area contributed by atoms with Gasteiger partial charge < -0.3 is 4.90 Å². The molecular formula is C13H22ClN3. The molecule has 1 aromatic heterocycles. The minimum atomic E-state index is 0.345. The summed E-state index contributed by atoms with van der Waals surface area (Å²) in [6.45, 7) is 9.28. The van der Waals surface area contributed by atoms with Gasteiger partial charge in [0.15, 0.2) is 0 Å². The van der Waals surface area contributed by atoms with Crippen LogP contribution in [0.2, 0.25) is 5.28 Å². The molecule has 0 bridgehead atoms. The maximum absolute atomic E-state index is 5.84. The van der Waals surface area contributed by atoms with E-state index in [-0.39, 0.29) is 0 Å². The Morgan fingerprint density at radius 2 is 2.06 bits per heavy atom. The lowest BCUT2D eigenvalue weighted by Crippen LogP contribution is -2.28. The fourth-order valence-corrected chi connectivity index (χ4v) is 1.92. The normalized spacial score (nSPS) is 13.9. The van der Waals surface area contributed by atoms with Crippen molar-refractivity contribution in [2.45, 2.75) is 53.0 Å². The van der Waals surface area contributed by atoms with Crippen molar-refractivity contribution in [1.29, 1.82) is 0 Å². The van der Waals surface area contributed by atoms with Crippen LogP contribution in [0.5, 0.6) is 0 Å². The van der Waals surface area contributed by atoms with E-state index in [0.717, 1.165) is 24.3 Å². The molecule has 1 fully saturated rings. The summed E-state index contributed by atoms with van der Waals surface area (Å²) in [5.74, 6) is 1.01. The van der Waals surface area contributed by atoms with Crippen LogP contribution in [0.3, 0.4) is 0 Å². The summed E-state index contributed by atoms with van der Waals surface area (Å²) < 4.78 is 0. The molecule has 0 N–H and O–H groups in total. The average Bonchev–Trinajstić information content (AvgIpc) is 3.16. The van der Waals surface area contributed by atoms with E-state index in [9.17, 15) is 0 Å². The van der Waals surface area contributed by atoms with E-state index in [2.05, 4.69) is 21.8 Å². The third-order valence-electron chi connectivity index (χ3n) is 2.64. The molecule has 0 aromatic carbocycles. The zero-order valence-corrected chi connectivity index (χ0v) is 12.0. The van der Waals surface area contributed by atoms with E-state index in [1.165, 1.54) is 12.8 Å². The van der Waals surface area contributed by atoms with Crippen molar-refractivity contribution in [2.24, 2.45) is 0 Å². The van der Waals surface area contributed by atoms with E-state index in [1.807, 2.05) is 20.8 Å². The van der Waals surface area contributed by atoms with Crippen LogP contribution in [-0.2, 0) is 0 Å². The second-order valence-electron chi connectivity index (χ2n) is 4.07. The van der Waals surface area contributed by atoms with Gasteiger partial charge in [0.25, 0.3) is 0 Å². The summed E-state index contributed by atoms with van der Waals surface area (Å²) in [7, 11) is 0. The molecule has 4 heteroatoms. The molecule has 3 nitrogen and oxygen atoms in total. The minimum absolute atomic E-state index is 0.345. The van der Waals surface area contributed by atoms with E-state index in [0.29, 0.717) is 11.3 Å². The summed E-state index contributed by atoms with van der Waals surface area (Å²) in [6.07, 6.45) is 5.50. The topological polar surface area (TPSA) is 29.0 Å². The van der Waals surface area contributed by atoms with Gasteiger partial charge in [-0.1, -0.05) is 20.8 Å². The average molecular weight is 256 g/mol. The monoisotopic (exact) mass is 255 g/mol. The predicted molar refractivity (Wildman–Crippen MR) is 73.8 cm³/mol. The Balaban J connectivity index is 0.000000686. The number of nitrogens with zero attached hydrogens (tertiary/aromatic N) is 3. The highest BCUT2D eigenvalue weighted by atomic mass is 35.5. The Morgan fingerprint density at radius 1 is 1.41 bits per heavy atom. The zero-order chi connectivity index (χ0) is 12.8. The molecule has 17 heavy (non-hydrogen) atoms. The standard InChI is InChI=1S/C11H16ClN3.C2H6/c1-3-6-15(9-4-5-9)10-8(2)7-13-11(12)14-10;1-2/h7,9H,3-6H2,1-2H3;1-2H3. The first-order valence-electron chi connectivity index (χ1n) is 6.48. The van der Waals surface area contributed by atoms with E-state index >= 15 is 0 Å². The first-order chi connectivity index (χ1) is 8.22. The number of halogens is 1. The maximum Gasteiger partial charge on any atom is 0.224 e. The summed E-state index contributed by atoms with van der Waals surface area (Å²) in [5, 5.41) is 0.345. The Kier molecular flexibility index (Phi) is 5.69. The highest BCUT2D eigenvalue weighted by Crippen LogP contribution is 2.32. The number of aromatic nitrogens is 2.